The molecule has 1 saturated carbocycles. The van der Waals surface area contributed by atoms with Gasteiger partial charge in [0.2, 0.25) is 0 Å². The molecule has 0 spiro atoms. The van der Waals surface area contributed by atoms with Gasteiger partial charge in [-0.2, -0.15) is 0 Å². The molecular formula is C15H28N2O2. The molecule has 0 aromatic carbocycles. The Morgan fingerprint density at radius 3 is 2.63 bits per heavy atom. The second-order valence-corrected chi connectivity index (χ2v) is 7.09. The number of rotatable bonds is 2. The van der Waals surface area contributed by atoms with Crippen molar-refractivity contribution in [3.63, 3.8) is 0 Å². The summed E-state index contributed by atoms with van der Waals surface area (Å²) in [7, 11) is 0. The zero-order chi connectivity index (χ0) is 14.1. The summed E-state index contributed by atoms with van der Waals surface area (Å²) in [5.41, 5.74) is -0.357. The molecule has 0 bridgehead atoms. The summed E-state index contributed by atoms with van der Waals surface area (Å²) in [5, 5.41) is 13.3. The van der Waals surface area contributed by atoms with Crippen LogP contribution in [0.4, 0.5) is 0 Å². The van der Waals surface area contributed by atoms with Gasteiger partial charge in [0, 0.05) is 19.6 Å². The van der Waals surface area contributed by atoms with Gasteiger partial charge in [0.15, 0.2) is 0 Å². The van der Waals surface area contributed by atoms with Crippen molar-refractivity contribution in [3.8, 4) is 0 Å². The second-order valence-electron chi connectivity index (χ2n) is 7.09. The van der Waals surface area contributed by atoms with E-state index >= 15 is 0 Å². The molecule has 0 aromatic rings. The quantitative estimate of drug-likeness (QED) is 0.804. The molecule has 1 saturated heterocycles. The molecule has 0 amide bonds. The first-order valence-electron chi connectivity index (χ1n) is 7.58. The van der Waals surface area contributed by atoms with Gasteiger partial charge in [-0.25, -0.2) is 0 Å². The summed E-state index contributed by atoms with van der Waals surface area (Å²) < 4.78 is 0. The average molecular weight is 268 g/mol. The molecule has 0 aromatic heterocycles. The number of carboxylic acids is 1. The first-order valence-corrected chi connectivity index (χ1v) is 7.58. The van der Waals surface area contributed by atoms with E-state index in [1.165, 1.54) is 0 Å². The SMILES string of the molecule is CC1CC(C)(C)CCC1(C(=O)O)N1CCCNCC1. The Labute approximate surface area is 116 Å². The third-order valence-corrected chi connectivity index (χ3v) is 5.13. The Morgan fingerprint density at radius 1 is 1.26 bits per heavy atom. The van der Waals surface area contributed by atoms with Crippen LogP contribution in [-0.4, -0.2) is 47.7 Å². The molecule has 2 unspecified atom stereocenters. The fraction of sp³-hybridized carbons (Fsp3) is 0.933. The van der Waals surface area contributed by atoms with Crippen LogP contribution in [0, 0.1) is 11.3 Å². The van der Waals surface area contributed by atoms with Crippen molar-refractivity contribution < 1.29 is 9.90 Å². The van der Waals surface area contributed by atoms with E-state index in [0.717, 1.165) is 51.9 Å². The van der Waals surface area contributed by atoms with Gasteiger partial charge in [0.1, 0.15) is 5.54 Å². The Morgan fingerprint density at radius 2 is 2.00 bits per heavy atom. The van der Waals surface area contributed by atoms with Crippen molar-refractivity contribution in [2.24, 2.45) is 11.3 Å². The molecule has 4 nitrogen and oxygen atoms in total. The molecule has 2 aliphatic rings. The van der Waals surface area contributed by atoms with Crippen LogP contribution in [0.5, 0.6) is 0 Å². The maximum absolute atomic E-state index is 12.0. The first kappa shape index (κ1) is 14.8. The van der Waals surface area contributed by atoms with E-state index in [9.17, 15) is 9.90 Å². The lowest BCUT2D eigenvalue weighted by atomic mass is 9.63. The van der Waals surface area contributed by atoms with E-state index in [-0.39, 0.29) is 11.3 Å². The highest BCUT2D eigenvalue weighted by molar-refractivity contribution is 5.79. The molecule has 1 heterocycles. The van der Waals surface area contributed by atoms with Crippen LogP contribution in [-0.2, 0) is 4.79 Å². The van der Waals surface area contributed by atoms with Crippen LogP contribution in [0.25, 0.3) is 0 Å². The van der Waals surface area contributed by atoms with Gasteiger partial charge in [-0.3, -0.25) is 9.69 Å². The normalized spacial score (nSPS) is 36.7. The van der Waals surface area contributed by atoms with Crippen molar-refractivity contribution >= 4 is 5.97 Å². The fourth-order valence-electron chi connectivity index (χ4n) is 4.04. The number of hydrogen-bond donors (Lipinski definition) is 2. The standard InChI is InChI=1S/C15H28N2O2/c1-12-11-14(2,3)5-6-15(12,13(18)19)17-9-4-7-16-8-10-17/h12,16H,4-11H2,1-3H3,(H,18,19). The fourth-order valence-corrected chi connectivity index (χ4v) is 4.04. The molecule has 0 radical (unpaired) electrons. The van der Waals surface area contributed by atoms with E-state index in [2.05, 4.69) is 31.0 Å². The number of aliphatic carboxylic acids is 1. The van der Waals surface area contributed by atoms with Crippen LogP contribution in [0.1, 0.15) is 46.5 Å². The van der Waals surface area contributed by atoms with Crippen LogP contribution in [0.2, 0.25) is 0 Å². The third-order valence-electron chi connectivity index (χ3n) is 5.13. The molecule has 2 rings (SSSR count). The van der Waals surface area contributed by atoms with Gasteiger partial charge < -0.3 is 10.4 Å². The number of nitrogens with zero attached hydrogens (tertiary/aromatic N) is 1. The number of hydrogen-bond acceptors (Lipinski definition) is 3. The Hall–Kier alpha value is -0.610. The third kappa shape index (κ3) is 2.79. The lowest BCUT2D eigenvalue weighted by Crippen LogP contribution is -2.62. The molecule has 4 heteroatoms. The maximum Gasteiger partial charge on any atom is 0.324 e. The molecule has 19 heavy (non-hydrogen) atoms. The van der Waals surface area contributed by atoms with Crippen molar-refractivity contribution in [2.45, 2.75) is 52.0 Å². The molecule has 1 aliphatic heterocycles. The second kappa shape index (κ2) is 5.41. The van der Waals surface area contributed by atoms with Gasteiger partial charge in [-0.15, -0.1) is 0 Å². The van der Waals surface area contributed by atoms with Crippen molar-refractivity contribution in [1.82, 2.24) is 10.2 Å². The summed E-state index contributed by atoms with van der Waals surface area (Å²) in [6.45, 7) is 10.3. The predicted molar refractivity (Wildman–Crippen MR) is 76.2 cm³/mol. The van der Waals surface area contributed by atoms with Gasteiger partial charge in [0.05, 0.1) is 0 Å². The van der Waals surface area contributed by atoms with E-state index in [1.54, 1.807) is 0 Å². The highest BCUT2D eigenvalue weighted by Gasteiger charge is 2.52. The molecular weight excluding hydrogens is 240 g/mol. The van der Waals surface area contributed by atoms with E-state index in [4.69, 9.17) is 0 Å². The topological polar surface area (TPSA) is 52.6 Å². The zero-order valence-electron chi connectivity index (χ0n) is 12.5. The lowest BCUT2D eigenvalue weighted by Gasteiger charge is -2.51. The van der Waals surface area contributed by atoms with Gasteiger partial charge in [-0.05, 0) is 43.6 Å². The monoisotopic (exact) mass is 268 g/mol. The molecule has 2 N–H and O–H groups in total. The van der Waals surface area contributed by atoms with Gasteiger partial charge in [-0.1, -0.05) is 20.8 Å². The van der Waals surface area contributed by atoms with Crippen LogP contribution >= 0.6 is 0 Å². The lowest BCUT2D eigenvalue weighted by molar-refractivity contribution is -0.161. The largest absolute Gasteiger partial charge is 0.480 e. The minimum Gasteiger partial charge on any atom is -0.480 e. The average Bonchev–Trinajstić information content (AvgIpc) is 2.57. The summed E-state index contributed by atoms with van der Waals surface area (Å²) in [6.07, 6.45) is 3.85. The van der Waals surface area contributed by atoms with Gasteiger partial charge in [0.25, 0.3) is 0 Å². The minimum absolute atomic E-state index is 0.215. The number of nitrogens with one attached hydrogen (secondary N) is 1. The Bertz CT molecular complexity index is 335. The van der Waals surface area contributed by atoms with Crippen LogP contribution < -0.4 is 5.32 Å². The van der Waals surface area contributed by atoms with Crippen molar-refractivity contribution in [1.29, 1.82) is 0 Å². The minimum atomic E-state index is -0.637. The molecule has 2 atom stereocenters. The highest BCUT2D eigenvalue weighted by atomic mass is 16.4. The summed E-state index contributed by atoms with van der Waals surface area (Å²) in [5.74, 6) is -0.399. The van der Waals surface area contributed by atoms with Crippen LogP contribution in [0.3, 0.4) is 0 Å². The number of carboxylic acid groups (broad SMARTS) is 1. The molecule has 1 aliphatic carbocycles. The smallest absolute Gasteiger partial charge is 0.324 e. The van der Waals surface area contributed by atoms with E-state index in [0.29, 0.717) is 0 Å². The first-order chi connectivity index (χ1) is 8.88. The summed E-state index contributed by atoms with van der Waals surface area (Å²) in [4.78, 5) is 14.3. The predicted octanol–water partition coefficient (Wildman–Crippen LogP) is 1.95. The summed E-state index contributed by atoms with van der Waals surface area (Å²) >= 11 is 0. The zero-order valence-corrected chi connectivity index (χ0v) is 12.5. The molecule has 2 fully saturated rings. The van der Waals surface area contributed by atoms with Crippen LogP contribution in [0.15, 0.2) is 0 Å². The van der Waals surface area contributed by atoms with Crippen molar-refractivity contribution in [2.75, 3.05) is 26.2 Å². The van der Waals surface area contributed by atoms with E-state index in [1.807, 2.05) is 0 Å². The maximum atomic E-state index is 12.0. The van der Waals surface area contributed by atoms with E-state index < -0.39 is 11.5 Å². The summed E-state index contributed by atoms with van der Waals surface area (Å²) in [6, 6.07) is 0. The highest BCUT2D eigenvalue weighted by Crippen LogP contribution is 2.46. The van der Waals surface area contributed by atoms with Crippen molar-refractivity contribution in [3.05, 3.63) is 0 Å². The number of carbonyl (C=O) groups is 1. The Balaban J connectivity index is 2.24. The van der Waals surface area contributed by atoms with Gasteiger partial charge >= 0.3 is 5.97 Å². The molecule has 110 valence electrons. The Kier molecular flexibility index (Phi) is 4.21.